The lowest BCUT2D eigenvalue weighted by molar-refractivity contribution is 0.176. The third-order valence-electron chi connectivity index (χ3n) is 3.91. The fraction of sp³-hybridized carbons (Fsp3) is 0.750. The fourth-order valence-electron chi connectivity index (χ4n) is 2.56. The molecule has 20 heavy (non-hydrogen) atoms. The maximum atomic E-state index is 12.6. The number of hydrogen-bond donors (Lipinski definition) is 1. The summed E-state index contributed by atoms with van der Waals surface area (Å²) in [6.07, 6.45) is 1.67. The van der Waals surface area contributed by atoms with E-state index in [9.17, 15) is 13.2 Å². The van der Waals surface area contributed by atoms with Gasteiger partial charge in [0.05, 0.1) is 0 Å². The van der Waals surface area contributed by atoms with Crippen molar-refractivity contribution in [2.24, 2.45) is 0 Å². The number of nitrogens with one attached hydrogen (secondary N) is 1. The first-order chi connectivity index (χ1) is 9.36. The first-order valence-electron chi connectivity index (χ1n) is 6.76. The van der Waals surface area contributed by atoms with Crippen LogP contribution in [0.5, 0.6) is 0 Å². The molecule has 2 heterocycles. The molecule has 1 fully saturated rings. The third-order valence-corrected chi connectivity index (χ3v) is 7.41. The van der Waals surface area contributed by atoms with Crippen molar-refractivity contribution < 1.29 is 8.42 Å². The van der Waals surface area contributed by atoms with Crippen LogP contribution in [0.15, 0.2) is 9.00 Å². The van der Waals surface area contributed by atoms with Crippen molar-refractivity contribution in [1.82, 2.24) is 14.2 Å². The quantitative estimate of drug-likeness (QED) is 0.893. The predicted octanol–water partition coefficient (Wildman–Crippen LogP) is 0.850. The Bertz CT molecular complexity index is 612. The highest BCUT2D eigenvalue weighted by Gasteiger charge is 2.32. The van der Waals surface area contributed by atoms with E-state index < -0.39 is 10.0 Å². The minimum Gasteiger partial charge on any atom is -0.315 e. The molecule has 0 atom stereocenters. The van der Waals surface area contributed by atoms with Crippen molar-refractivity contribution in [2.45, 2.75) is 36.9 Å². The molecule has 0 saturated carbocycles. The van der Waals surface area contributed by atoms with Crippen LogP contribution < -0.4 is 4.87 Å². The van der Waals surface area contributed by atoms with Gasteiger partial charge in [0.25, 0.3) is 10.0 Å². The second-order valence-corrected chi connectivity index (χ2v) is 8.29. The zero-order valence-electron chi connectivity index (χ0n) is 12.0. The maximum absolute atomic E-state index is 12.6. The van der Waals surface area contributed by atoms with Gasteiger partial charge in [-0.25, -0.2) is 8.42 Å². The molecule has 0 radical (unpaired) electrons. The van der Waals surface area contributed by atoms with E-state index >= 15 is 0 Å². The van der Waals surface area contributed by atoms with E-state index in [1.807, 2.05) is 0 Å². The zero-order valence-corrected chi connectivity index (χ0v) is 13.7. The average molecular weight is 319 g/mol. The molecule has 2 rings (SSSR count). The summed E-state index contributed by atoms with van der Waals surface area (Å²) in [6.45, 7) is 6.58. The molecule has 0 unspecified atom stereocenters. The van der Waals surface area contributed by atoms with Crippen molar-refractivity contribution in [3.8, 4) is 0 Å². The summed E-state index contributed by atoms with van der Waals surface area (Å²) >= 11 is 0.768. The molecular formula is C12H21N3O3S2. The van der Waals surface area contributed by atoms with Gasteiger partial charge in [-0.3, -0.25) is 4.79 Å². The fourth-order valence-corrected chi connectivity index (χ4v) is 5.44. The standard InChI is InChI=1S/C12H21N3O3S2/c1-4-15-7-5-10(6-8-15)14(3)20(17,18)11-9(2)13-12(16)19-11/h10H,4-8H2,1-3H3,(H,13,16). The summed E-state index contributed by atoms with van der Waals surface area (Å²) in [5.74, 6) is 0. The molecule has 1 aromatic heterocycles. The van der Waals surface area contributed by atoms with Crippen LogP contribution in [-0.4, -0.2) is 55.3 Å². The van der Waals surface area contributed by atoms with Gasteiger partial charge in [-0.05, 0) is 39.4 Å². The van der Waals surface area contributed by atoms with Gasteiger partial charge in [-0.15, -0.1) is 0 Å². The molecule has 0 aromatic carbocycles. The lowest BCUT2D eigenvalue weighted by atomic mass is 10.1. The van der Waals surface area contributed by atoms with Crippen LogP contribution in [0.25, 0.3) is 0 Å². The molecular weight excluding hydrogens is 298 g/mol. The molecule has 0 bridgehead atoms. The molecule has 8 heteroatoms. The van der Waals surface area contributed by atoms with Crippen molar-refractivity contribution in [2.75, 3.05) is 26.7 Å². The Morgan fingerprint density at radius 1 is 1.40 bits per heavy atom. The number of rotatable bonds is 4. The normalized spacial score (nSPS) is 18.8. The third kappa shape index (κ3) is 2.98. The molecule has 0 amide bonds. The maximum Gasteiger partial charge on any atom is 0.305 e. The average Bonchev–Trinajstić information content (AvgIpc) is 2.77. The van der Waals surface area contributed by atoms with E-state index in [0.29, 0.717) is 5.69 Å². The molecule has 6 nitrogen and oxygen atoms in total. The SMILES string of the molecule is CCN1CCC(N(C)S(=O)(=O)c2sc(=O)[nH]c2C)CC1. The van der Waals surface area contributed by atoms with Crippen LogP contribution in [-0.2, 0) is 10.0 Å². The largest absolute Gasteiger partial charge is 0.315 e. The molecule has 1 N–H and O–H groups in total. The van der Waals surface area contributed by atoms with Crippen LogP contribution in [0.4, 0.5) is 0 Å². The van der Waals surface area contributed by atoms with Crippen molar-refractivity contribution in [3.63, 3.8) is 0 Å². The minimum absolute atomic E-state index is 0.0133. The summed E-state index contributed by atoms with van der Waals surface area (Å²) in [4.78, 5) is 15.8. The summed E-state index contributed by atoms with van der Waals surface area (Å²) < 4.78 is 26.7. The van der Waals surface area contributed by atoms with Crippen molar-refractivity contribution in [3.05, 3.63) is 15.4 Å². The summed E-state index contributed by atoms with van der Waals surface area (Å²) in [7, 11) is -1.95. The first-order valence-corrected chi connectivity index (χ1v) is 9.02. The van der Waals surface area contributed by atoms with Gasteiger partial charge in [0.2, 0.25) is 0 Å². The molecule has 114 valence electrons. The number of aryl methyl sites for hydroxylation is 1. The van der Waals surface area contributed by atoms with Gasteiger partial charge in [-0.1, -0.05) is 18.3 Å². The highest BCUT2D eigenvalue weighted by Crippen LogP contribution is 2.25. The number of likely N-dealkylation sites (tertiary alicyclic amines) is 1. The number of piperidine rings is 1. The summed E-state index contributed by atoms with van der Waals surface area (Å²) in [6, 6.07) is 0.0133. The van der Waals surface area contributed by atoms with Gasteiger partial charge in [0.1, 0.15) is 0 Å². The van der Waals surface area contributed by atoms with Gasteiger partial charge in [-0.2, -0.15) is 4.31 Å². The van der Waals surface area contributed by atoms with Gasteiger partial charge in [0.15, 0.2) is 4.21 Å². The molecule has 0 spiro atoms. The van der Waals surface area contributed by atoms with Crippen LogP contribution in [0.3, 0.4) is 0 Å². The second-order valence-electron chi connectivity index (χ2n) is 5.11. The highest BCUT2D eigenvalue weighted by atomic mass is 32.2. The Kier molecular flexibility index (Phi) is 4.68. The van der Waals surface area contributed by atoms with E-state index in [4.69, 9.17) is 0 Å². The minimum atomic E-state index is -3.57. The predicted molar refractivity (Wildman–Crippen MR) is 79.8 cm³/mol. The summed E-state index contributed by atoms with van der Waals surface area (Å²) in [5, 5.41) is 0. The van der Waals surface area contributed by atoms with Crippen LogP contribution in [0, 0.1) is 6.92 Å². The number of hydrogen-bond acceptors (Lipinski definition) is 5. The molecule has 0 aliphatic carbocycles. The smallest absolute Gasteiger partial charge is 0.305 e. The highest BCUT2D eigenvalue weighted by molar-refractivity contribution is 7.91. The number of aromatic amines is 1. The summed E-state index contributed by atoms with van der Waals surface area (Å²) in [5.41, 5.74) is 0.429. The molecule has 1 aliphatic heterocycles. The number of thiazole rings is 1. The Morgan fingerprint density at radius 2 is 2.00 bits per heavy atom. The van der Waals surface area contributed by atoms with E-state index in [1.54, 1.807) is 14.0 Å². The number of sulfonamides is 1. The lowest BCUT2D eigenvalue weighted by Crippen LogP contribution is -2.45. The Labute approximate surface area is 123 Å². The van der Waals surface area contributed by atoms with Crippen LogP contribution >= 0.6 is 11.3 Å². The lowest BCUT2D eigenvalue weighted by Gasteiger charge is -2.35. The van der Waals surface area contributed by atoms with Crippen LogP contribution in [0.1, 0.15) is 25.5 Å². The Balaban J connectivity index is 2.18. The van der Waals surface area contributed by atoms with E-state index in [-0.39, 0.29) is 15.1 Å². The molecule has 1 aliphatic rings. The van der Waals surface area contributed by atoms with E-state index in [1.165, 1.54) is 4.31 Å². The first kappa shape index (κ1) is 15.7. The molecule has 1 saturated heterocycles. The van der Waals surface area contributed by atoms with Crippen molar-refractivity contribution >= 4 is 21.4 Å². The van der Waals surface area contributed by atoms with Crippen molar-refractivity contribution in [1.29, 1.82) is 0 Å². The zero-order chi connectivity index (χ0) is 14.9. The van der Waals surface area contributed by atoms with Crippen LogP contribution in [0.2, 0.25) is 0 Å². The van der Waals surface area contributed by atoms with Gasteiger partial charge >= 0.3 is 4.87 Å². The number of aromatic nitrogens is 1. The van der Waals surface area contributed by atoms with Gasteiger partial charge in [0, 0.05) is 18.8 Å². The van der Waals surface area contributed by atoms with E-state index in [2.05, 4.69) is 16.8 Å². The number of nitrogens with zero attached hydrogens (tertiary/aromatic N) is 2. The Morgan fingerprint density at radius 3 is 2.45 bits per heavy atom. The monoisotopic (exact) mass is 319 g/mol. The molecule has 1 aromatic rings. The topological polar surface area (TPSA) is 73.5 Å². The number of H-pyrrole nitrogens is 1. The van der Waals surface area contributed by atoms with Gasteiger partial charge < -0.3 is 9.88 Å². The second kappa shape index (κ2) is 5.97. The van der Waals surface area contributed by atoms with E-state index in [0.717, 1.165) is 43.8 Å². The Hall–Kier alpha value is -0.700.